The molecule has 0 aromatic heterocycles. The number of nitrogens with one attached hydrogen (secondary N) is 3. The van der Waals surface area contributed by atoms with E-state index in [1.165, 1.54) is 33.5 Å². The highest BCUT2D eigenvalue weighted by Crippen LogP contribution is 2.33. The minimum Gasteiger partial charge on any atom is -0.497 e. The Morgan fingerprint density at radius 2 is 1.58 bits per heavy atom. The number of carbonyl (C=O) groups excluding carboxylic acids is 5. The topological polar surface area (TPSA) is 156 Å². The fourth-order valence-corrected chi connectivity index (χ4v) is 7.73. The number of Topliss-reactive ketones (excluding diaryl/α,β-unsaturated/α-hetero) is 1. The molecule has 0 aliphatic carbocycles. The number of hydrogen-bond donors (Lipinski definition) is 3. The lowest BCUT2D eigenvalue weighted by atomic mass is 9.89. The second kappa shape index (κ2) is 22.2. The standard InChI is InChI=1S/C41H68FN5O8/c1-14-25(7)37(46(10)41(52)36(24(5)6)45-40(51)35(43-9)23(3)4)33(54-12)20-34(49)47-22-27(15-2)18-31(47)38(55-13)26(8)39(50)44-21-32(48)29-17-16-28(53-11)19-30(29)42/h16-17,19,23-27,31,33,35-38,43H,14-15,18,20-22H2,1-13H3,(H,44,50)(H,45,51)/t25-,26+,27+,31-,33+,35?,36-,37?,38+/m0/s1. The molecule has 2 unspecified atom stereocenters. The molecule has 14 heteroatoms. The number of nitrogens with zero attached hydrogens (tertiary/aromatic N) is 2. The number of methoxy groups -OCH3 is 3. The number of ketones is 1. The van der Waals surface area contributed by atoms with E-state index in [-0.39, 0.29) is 59.1 Å². The van der Waals surface area contributed by atoms with E-state index in [4.69, 9.17) is 14.2 Å². The third kappa shape index (κ3) is 12.2. The van der Waals surface area contributed by atoms with Gasteiger partial charge in [0.2, 0.25) is 23.6 Å². The molecule has 0 saturated carbocycles. The van der Waals surface area contributed by atoms with E-state index in [0.29, 0.717) is 19.4 Å². The molecule has 55 heavy (non-hydrogen) atoms. The summed E-state index contributed by atoms with van der Waals surface area (Å²) >= 11 is 0. The van der Waals surface area contributed by atoms with Crippen LogP contribution in [0.5, 0.6) is 5.75 Å². The highest BCUT2D eigenvalue weighted by Gasteiger charge is 2.45. The quantitative estimate of drug-likeness (QED) is 0.148. The van der Waals surface area contributed by atoms with E-state index < -0.39 is 66.3 Å². The Balaban J connectivity index is 2.30. The Bertz CT molecular complexity index is 1440. The maximum atomic E-state index is 14.5. The van der Waals surface area contributed by atoms with Gasteiger partial charge in [0.1, 0.15) is 17.6 Å². The summed E-state index contributed by atoms with van der Waals surface area (Å²) in [6.45, 7) is 15.5. The number of likely N-dealkylation sites (N-methyl/N-ethyl adjacent to an activating group) is 2. The summed E-state index contributed by atoms with van der Waals surface area (Å²) in [5.41, 5.74) is -0.163. The first-order valence-corrected chi connectivity index (χ1v) is 19.7. The molecule has 312 valence electrons. The molecule has 4 amide bonds. The fraction of sp³-hybridized carbons (Fsp3) is 0.732. The average Bonchev–Trinajstić information content (AvgIpc) is 3.59. The van der Waals surface area contributed by atoms with Crippen LogP contribution in [0.25, 0.3) is 0 Å². The summed E-state index contributed by atoms with van der Waals surface area (Å²) in [7, 11) is 7.85. The number of rotatable bonds is 22. The predicted octanol–water partition coefficient (Wildman–Crippen LogP) is 4.07. The van der Waals surface area contributed by atoms with Crippen molar-refractivity contribution in [1.29, 1.82) is 0 Å². The summed E-state index contributed by atoms with van der Waals surface area (Å²) in [4.78, 5) is 71.4. The van der Waals surface area contributed by atoms with Crippen LogP contribution in [0, 0.1) is 35.4 Å². The van der Waals surface area contributed by atoms with Crippen molar-refractivity contribution in [3.8, 4) is 5.75 Å². The van der Waals surface area contributed by atoms with Gasteiger partial charge in [0.05, 0.1) is 61.9 Å². The van der Waals surface area contributed by atoms with E-state index in [1.54, 1.807) is 30.8 Å². The number of amides is 4. The first kappa shape index (κ1) is 47.5. The summed E-state index contributed by atoms with van der Waals surface area (Å²) in [5.74, 6) is -3.08. The van der Waals surface area contributed by atoms with E-state index in [2.05, 4.69) is 22.9 Å². The molecule has 2 rings (SSSR count). The first-order valence-electron chi connectivity index (χ1n) is 19.7. The molecule has 1 aliphatic rings. The van der Waals surface area contributed by atoms with Gasteiger partial charge in [-0.1, -0.05) is 68.2 Å². The number of benzene rings is 1. The molecule has 1 aromatic rings. The fourth-order valence-electron chi connectivity index (χ4n) is 7.73. The Hall–Kier alpha value is -3.62. The van der Waals surface area contributed by atoms with Crippen molar-refractivity contribution in [3.63, 3.8) is 0 Å². The zero-order chi connectivity index (χ0) is 41.7. The van der Waals surface area contributed by atoms with Crippen molar-refractivity contribution in [2.24, 2.45) is 29.6 Å². The number of hydrogen-bond acceptors (Lipinski definition) is 9. The lowest BCUT2D eigenvalue weighted by molar-refractivity contribution is -0.147. The van der Waals surface area contributed by atoms with Gasteiger partial charge in [0.15, 0.2) is 5.78 Å². The monoisotopic (exact) mass is 778 g/mol. The van der Waals surface area contributed by atoms with Crippen molar-refractivity contribution in [2.75, 3.05) is 48.5 Å². The molecule has 1 fully saturated rings. The molecule has 0 spiro atoms. The van der Waals surface area contributed by atoms with Gasteiger partial charge in [-0.2, -0.15) is 0 Å². The largest absolute Gasteiger partial charge is 0.497 e. The second-order valence-electron chi connectivity index (χ2n) is 15.6. The summed E-state index contributed by atoms with van der Waals surface area (Å²) in [6, 6.07) is 1.71. The van der Waals surface area contributed by atoms with Gasteiger partial charge < -0.3 is 40.0 Å². The normalized spacial score (nSPS) is 19.6. The van der Waals surface area contributed by atoms with Crippen LogP contribution in [0.4, 0.5) is 4.39 Å². The Labute approximate surface area is 328 Å². The maximum Gasteiger partial charge on any atom is 0.245 e. The number of carbonyl (C=O) groups is 5. The molecule has 0 radical (unpaired) electrons. The van der Waals surface area contributed by atoms with Gasteiger partial charge in [-0.05, 0) is 49.3 Å². The number of halogens is 1. The van der Waals surface area contributed by atoms with Gasteiger partial charge in [-0.15, -0.1) is 0 Å². The van der Waals surface area contributed by atoms with E-state index in [0.717, 1.165) is 12.5 Å². The zero-order valence-corrected chi connectivity index (χ0v) is 35.4. The molecule has 0 bridgehead atoms. The molecule has 1 heterocycles. The lowest BCUT2D eigenvalue weighted by Crippen LogP contribution is -2.59. The van der Waals surface area contributed by atoms with Crippen LogP contribution in [0.1, 0.15) is 91.4 Å². The molecule has 1 aromatic carbocycles. The number of ether oxygens (including phenoxy) is 3. The van der Waals surface area contributed by atoms with Crippen LogP contribution in [0.2, 0.25) is 0 Å². The predicted molar refractivity (Wildman–Crippen MR) is 210 cm³/mol. The highest BCUT2D eigenvalue weighted by molar-refractivity contribution is 6.00. The zero-order valence-electron chi connectivity index (χ0n) is 35.4. The van der Waals surface area contributed by atoms with E-state index >= 15 is 0 Å². The Morgan fingerprint density at radius 3 is 2.07 bits per heavy atom. The van der Waals surface area contributed by atoms with Gasteiger partial charge in [-0.3, -0.25) is 24.0 Å². The first-order chi connectivity index (χ1) is 25.9. The highest BCUT2D eigenvalue weighted by atomic mass is 19.1. The van der Waals surface area contributed by atoms with Crippen LogP contribution in [0.3, 0.4) is 0 Å². The molecule has 1 aliphatic heterocycles. The average molecular weight is 778 g/mol. The summed E-state index contributed by atoms with van der Waals surface area (Å²) in [6.07, 6.45) is 0.731. The third-order valence-corrected chi connectivity index (χ3v) is 11.4. The Kier molecular flexibility index (Phi) is 19.2. The lowest BCUT2D eigenvalue weighted by Gasteiger charge is -2.41. The Morgan fingerprint density at radius 1 is 0.945 bits per heavy atom. The minimum atomic E-state index is -0.791. The summed E-state index contributed by atoms with van der Waals surface area (Å²) in [5, 5.41) is 8.64. The van der Waals surface area contributed by atoms with Crippen molar-refractivity contribution in [2.45, 2.75) is 117 Å². The van der Waals surface area contributed by atoms with Gasteiger partial charge in [0, 0.05) is 33.9 Å². The van der Waals surface area contributed by atoms with Crippen molar-refractivity contribution < 1.29 is 42.6 Å². The van der Waals surface area contributed by atoms with Crippen LogP contribution in [0.15, 0.2) is 18.2 Å². The van der Waals surface area contributed by atoms with E-state index in [9.17, 15) is 28.4 Å². The van der Waals surface area contributed by atoms with Crippen LogP contribution >= 0.6 is 0 Å². The second-order valence-corrected chi connectivity index (χ2v) is 15.6. The smallest absolute Gasteiger partial charge is 0.245 e. The maximum absolute atomic E-state index is 14.5. The SMILES string of the molecule is CC[C@@H]1C[C@@H]([C@H](OC)[C@@H](C)C(=O)NCC(=O)c2ccc(OC)cc2F)N(C(=O)C[C@@H](OC)C([C@@H](C)CC)N(C)C(=O)[C@@H](NC(=O)C(NC)C(C)C)C(C)C)C1. The number of likely N-dealkylation sites (tertiary alicyclic amines) is 1. The van der Waals surface area contributed by atoms with Gasteiger partial charge in [-0.25, -0.2) is 4.39 Å². The van der Waals surface area contributed by atoms with Crippen molar-refractivity contribution >= 4 is 29.4 Å². The molecule has 9 atom stereocenters. The van der Waals surface area contributed by atoms with Gasteiger partial charge in [0.25, 0.3) is 0 Å². The molecule has 13 nitrogen and oxygen atoms in total. The van der Waals surface area contributed by atoms with E-state index in [1.807, 2.05) is 41.5 Å². The van der Waals surface area contributed by atoms with Crippen LogP contribution < -0.4 is 20.7 Å². The van der Waals surface area contributed by atoms with Gasteiger partial charge >= 0.3 is 0 Å². The van der Waals surface area contributed by atoms with Crippen LogP contribution in [-0.4, -0.2) is 124 Å². The van der Waals surface area contributed by atoms with Crippen molar-refractivity contribution in [1.82, 2.24) is 25.8 Å². The summed E-state index contributed by atoms with van der Waals surface area (Å²) < 4.78 is 31.5. The molecule has 3 N–H and O–H groups in total. The molecular weight excluding hydrogens is 709 g/mol. The minimum absolute atomic E-state index is 0.0134. The molecular formula is C41H68FN5O8. The van der Waals surface area contributed by atoms with Crippen molar-refractivity contribution in [3.05, 3.63) is 29.6 Å². The molecule has 1 saturated heterocycles. The third-order valence-electron chi connectivity index (χ3n) is 11.4. The van der Waals surface area contributed by atoms with Crippen LogP contribution in [-0.2, 0) is 28.7 Å².